The second-order valence-corrected chi connectivity index (χ2v) is 12.8. The summed E-state index contributed by atoms with van der Waals surface area (Å²) >= 11 is 8.18. The maximum absolute atomic E-state index is 10.8. The Morgan fingerprint density at radius 1 is 1.26 bits per heavy atom. The normalized spacial score (nSPS) is 24.3. The van der Waals surface area contributed by atoms with Crippen molar-refractivity contribution in [2.24, 2.45) is 0 Å². The fourth-order valence-corrected chi connectivity index (χ4v) is 9.13. The van der Waals surface area contributed by atoms with Crippen LogP contribution in [0.3, 0.4) is 0 Å². The van der Waals surface area contributed by atoms with E-state index in [4.69, 9.17) is 30.4 Å². The molecule has 31 heavy (non-hydrogen) atoms. The molecule has 3 rings (SSSR count). The van der Waals surface area contributed by atoms with Crippen LogP contribution in [0, 0.1) is 0 Å². The number of nitrogens with zero attached hydrogens (tertiary/aromatic N) is 4. The summed E-state index contributed by atoms with van der Waals surface area (Å²) in [6.45, 7) is 6.72. The SMILES string of the molecule is CCCS[OH+][Si-](CCC)(CCC)OCC1O[C@@H](n2cnc3c(N)ncnc32)C(Cl)C1O. The summed E-state index contributed by atoms with van der Waals surface area (Å²) in [4.78, 5) is 12.5. The number of nitrogen functional groups attached to an aromatic ring is 1. The van der Waals surface area contributed by atoms with Crippen molar-refractivity contribution in [2.45, 2.75) is 75.9 Å². The zero-order valence-corrected chi connectivity index (χ0v) is 20.8. The average Bonchev–Trinajstić information content (AvgIpc) is 3.30. The van der Waals surface area contributed by atoms with Crippen LogP contribution in [0.2, 0.25) is 12.1 Å². The van der Waals surface area contributed by atoms with E-state index in [1.54, 1.807) is 22.9 Å². The molecule has 4 N–H and O–H groups in total. The van der Waals surface area contributed by atoms with Gasteiger partial charge in [-0.25, -0.2) is 15.0 Å². The zero-order valence-electron chi connectivity index (χ0n) is 18.3. The van der Waals surface area contributed by atoms with Gasteiger partial charge in [0.1, 0.15) is 41.5 Å². The minimum atomic E-state index is -2.29. The summed E-state index contributed by atoms with van der Waals surface area (Å²) in [5.41, 5.74) is 6.88. The molecule has 175 valence electrons. The smallest absolute Gasteiger partial charge is 0.354 e. The number of ether oxygens (including phenoxy) is 1. The zero-order chi connectivity index (χ0) is 22.4. The number of aromatic nitrogens is 4. The van der Waals surface area contributed by atoms with Crippen molar-refractivity contribution in [3.8, 4) is 0 Å². The highest BCUT2D eigenvalue weighted by Crippen LogP contribution is 2.36. The molecule has 12 heteroatoms. The minimum absolute atomic E-state index is 0.257. The molecule has 2 aromatic rings. The Morgan fingerprint density at radius 3 is 2.68 bits per heavy atom. The number of hydrogen-bond acceptors (Lipinski definition) is 8. The maximum atomic E-state index is 10.8. The number of halogens is 1. The van der Waals surface area contributed by atoms with Crippen LogP contribution in [-0.4, -0.2) is 67.0 Å². The molecular formula is C19H33ClN5O4SSi. The Balaban J connectivity index is 1.73. The first-order chi connectivity index (χ1) is 15.0. The van der Waals surface area contributed by atoms with Crippen LogP contribution in [0.15, 0.2) is 12.7 Å². The van der Waals surface area contributed by atoms with Gasteiger partial charge < -0.3 is 23.9 Å². The third kappa shape index (κ3) is 5.52. The summed E-state index contributed by atoms with van der Waals surface area (Å²) in [7, 11) is -2.29. The van der Waals surface area contributed by atoms with E-state index in [2.05, 4.69) is 35.7 Å². The van der Waals surface area contributed by atoms with E-state index in [0.29, 0.717) is 11.2 Å². The second-order valence-electron chi connectivity index (χ2n) is 7.76. The van der Waals surface area contributed by atoms with Crippen molar-refractivity contribution < 1.29 is 18.1 Å². The Labute approximate surface area is 193 Å². The first kappa shape index (κ1) is 24.7. The van der Waals surface area contributed by atoms with Crippen molar-refractivity contribution in [2.75, 3.05) is 18.1 Å². The topological polar surface area (TPSA) is 121 Å². The van der Waals surface area contributed by atoms with Crippen LogP contribution < -0.4 is 5.73 Å². The molecule has 0 amide bonds. The molecule has 2 aromatic heterocycles. The summed E-state index contributed by atoms with van der Waals surface area (Å²) in [6.07, 6.45) is 3.95. The lowest BCUT2D eigenvalue weighted by molar-refractivity contribution is -0.0447. The molecule has 1 fully saturated rings. The summed E-state index contributed by atoms with van der Waals surface area (Å²) in [5.74, 6) is 1.27. The maximum Gasteiger partial charge on any atom is 0.354 e. The molecule has 0 saturated carbocycles. The van der Waals surface area contributed by atoms with Crippen molar-refractivity contribution in [3.63, 3.8) is 0 Å². The Kier molecular flexibility index (Phi) is 8.97. The Morgan fingerprint density at radius 2 is 2.00 bits per heavy atom. The summed E-state index contributed by atoms with van der Waals surface area (Å²) in [6, 6.07) is 1.91. The van der Waals surface area contributed by atoms with Crippen LogP contribution in [0.25, 0.3) is 11.2 Å². The van der Waals surface area contributed by atoms with Crippen LogP contribution in [0.1, 0.15) is 46.3 Å². The number of nitrogens with two attached hydrogens (primary N) is 1. The standard InChI is InChI=1S/C19H33ClN5O4SSi/c1-4-7-30-29-31(8-5-2,9-6-3)27-10-13-16(26)14(20)19(28-13)25-12-24-15-17(21)22-11-23-18(15)25/h11-14,16,19,26,29H,4-10H2,1-3H3,(H2,21,22,23)/t13?,14?,16?,19-/m1/s1. The van der Waals surface area contributed by atoms with Gasteiger partial charge in [-0.15, -0.1) is 11.6 Å². The molecule has 1 aliphatic rings. The van der Waals surface area contributed by atoms with Crippen LogP contribution in [0.5, 0.6) is 0 Å². The largest absolute Gasteiger partial charge is 0.565 e. The minimum Gasteiger partial charge on any atom is -0.565 e. The van der Waals surface area contributed by atoms with Crippen LogP contribution >= 0.6 is 23.6 Å². The number of alkyl halides is 1. The molecule has 0 spiro atoms. The molecule has 0 bridgehead atoms. The van der Waals surface area contributed by atoms with E-state index >= 15 is 0 Å². The van der Waals surface area contributed by atoms with Gasteiger partial charge in [-0.2, -0.15) is 0 Å². The van der Waals surface area contributed by atoms with Crippen LogP contribution in [0.4, 0.5) is 5.82 Å². The molecular weight excluding hydrogens is 458 g/mol. The second kappa shape index (κ2) is 11.3. The van der Waals surface area contributed by atoms with Crippen molar-refractivity contribution in [1.29, 1.82) is 0 Å². The van der Waals surface area contributed by atoms with E-state index in [0.717, 1.165) is 37.1 Å². The lowest BCUT2D eigenvalue weighted by Gasteiger charge is -2.36. The summed E-state index contributed by atoms with van der Waals surface area (Å²) < 4.78 is 19.3. The number of hydrogen-bond donors (Lipinski definition) is 2. The Bertz CT molecular complexity index is 841. The average molecular weight is 491 g/mol. The van der Waals surface area contributed by atoms with Gasteiger partial charge in [0.15, 0.2) is 17.7 Å². The van der Waals surface area contributed by atoms with E-state index < -0.39 is 32.4 Å². The number of aliphatic hydroxyl groups is 1. The quantitative estimate of drug-likeness (QED) is 0.153. The van der Waals surface area contributed by atoms with E-state index in [9.17, 15) is 5.11 Å². The van der Waals surface area contributed by atoms with Gasteiger partial charge >= 0.3 is 8.56 Å². The molecule has 0 aromatic carbocycles. The van der Waals surface area contributed by atoms with Gasteiger partial charge in [0.25, 0.3) is 0 Å². The first-order valence-corrected chi connectivity index (χ1v) is 14.5. The number of fused-ring (bicyclic) bond motifs is 1. The van der Waals surface area contributed by atoms with E-state index in [1.165, 1.54) is 6.33 Å². The Hall–Kier alpha value is -0.953. The lowest BCUT2D eigenvalue weighted by Crippen LogP contribution is -2.46. The van der Waals surface area contributed by atoms with Gasteiger partial charge in [-0.1, -0.05) is 45.7 Å². The number of anilines is 1. The van der Waals surface area contributed by atoms with Gasteiger partial charge in [-0.05, 0) is 6.42 Å². The van der Waals surface area contributed by atoms with Crippen molar-refractivity contribution in [3.05, 3.63) is 12.7 Å². The highest BCUT2D eigenvalue weighted by molar-refractivity contribution is 7.95. The third-order valence-corrected chi connectivity index (χ3v) is 11.5. The predicted molar refractivity (Wildman–Crippen MR) is 126 cm³/mol. The van der Waals surface area contributed by atoms with Gasteiger partial charge in [-0.3, -0.25) is 4.57 Å². The number of aliphatic hydroxyl groups excluding tert-OH is 1. The van der Waals surface area contributed by atoms with Crippen molar-refractivity contribution in [1.82, 2.24) is 19.5 Å². The van der Waals surface area contributed by atoms with Gasteiger partial charge in [0.05, 0.1) is 12.1 Å². The highest BCUT2D eigenvalue weighted by Gasteiger charge is 2.45. The van der Waals surface area contributed by atoms with Crippen LogP contribution in [-0.2, 0) is 9.16 Å². The van der Waals surface area contributed by atoms with E-state index in [-0.39, 0.29) is 12.4 Å². The third-order valence-electron chi connectivity index (χ3n) is 5.28. The summed E-state index contributed by atoms with van der Waals surface area (Å²) in [5, 5.41) is 10.1. The van der Waals surface area contributed by atoms with Crippen molar-refractivity contribution >= 4 is 49.2 Å². The first-order valence-electron chi connectivity index (χ1n) is 10.8. The number of rotatable bonds is 12. The monoisotopic (exact) mass is 490 g/mol. The highest BCUT2D eigenvalue weighted by atomic mass is 35.5. The molecule has 0 aliphatic carbocycles. The molecule has 1 aliphatic heterocycles. The molecule has 3 heterocycles. The fraction of sp³-hybridized carbons (Fsp3) is 0.737. The molecule has 0 radical (unpaired) electrons. The van der Waals surface area contributed by atoms with E-state index in [1.807, 2.05) is 0 Å². The molecule has 4 atom stereocenters. The van der Waals surface area contributed by atoms with Gasteiger partial charge in [0, 0.05) is 6.61 Å². The molecule has 9 nitrogen and oxygen atoms in total. The van der Waals surface area contributed by atoms with Gasteiger partial charge in [0.2, 0.25) is 0 Å². The lowest BCUT2D eigenvalue weighted by atomic mass is 10.2. The number of imidazole rings is 1. The fourth-order valence-electron chi connectivity index (χ4n) is 3.78. The molecule has 3 unspecified atom stereocenters. The predicted octanol–water partition coefficient (Wildman–Crippen LogP) is 3.14. The molecule has 1 saturated heterocycles.